The highest BCUT2D eigenvalue weighted by atomic mass is 32.2. The molecule has 6 nitrogen and oxygen atoms in total. The van der Waals surface area contributed by atoms with E-state index in [4.69, 9.17) is 0 Å². The third-order valence-corrected chi connectivity index (χ3v) is 6.33. The molecule has 0 saturated carbocycles. The Labute approximate surface area is 123 Å². The number of carbonyl (C=O) groups excluding carboxylic acids is 1. The van der Waals surface area contributed by atoms with Crippen molar-refractivity contribution in [2.24, 2.45) is 0 Å². The molecule has 2 N–H and O–H groups in total. The molecule has 1 aliphatic rings. The van der Waals surface area contributed by atoms with Crippen molar-refractivity contribution >= 4 is 27.3 Å². The first-order valence-corrected chi connectivity index (χ1v) is 8.84. The highest BCUT2D eigenvalue weighted by molar-refractivity contribution is 7.91. The first-order valence-electron chi connectivity index (χ1n) is 6.48. The van der Waals surface area contributed by atoms with E-state index in [2.05, 4.69) is 10.0 Å². The summed E-state index contributed by atoms with van der Waals surface area (Å²) in [6, 6.07) is 3.46. The van der Waals surface area contributed by atoms with E-state index in [1.165, 1.54) is 6.07 Å². The summed E-state index contributed by atoms with van der Waals surface area (Å²) in [7, 11) is -3.58. The van der Waals surface area contributed by atoms with Gasteiger partial charge in [-0.25, -0.2) is 13.1 Å². The van der Waals surface area contributed by atoms with Gasteiger partial charge < -0.3 is 10.2 Å². The predicted molar refractivity (Wildman–Crippen MR) is 78.1 cm³/mol. The molecule has 2 rings (SSSR count). The van der Waals surface area contributed by atoms with Gasteiger partial charge >= 0.3 is 0 Å². The van der Waals surface area contributed by atoms with Gasteiger partial charge in [0.1, 0.15) is 4.21 Å². The van der Waals surface area contributed by atoms with E-state index in [9.17, 15) is 13.2 Å². The number of hydrogen-bond donors (Lipinski definition) is 2. The third-order valence-electron chi connectivity index (χ3n) is 3.53. The molecule has 1 saturated heterocycles. The maximum atomic E-state index is 12.1. The molecule has 1 aromatic rings. The second-order valence-corrected chi connectivity index (χ2v) is 7.77. The van der Waals surface area contributed by atoms with Gasteiger partial charge in [0.05, 0.1) is 6.54 Å². The molecule has 2 heterocycles. The SMILES string of the molecule is CC1NCCN(C(=O)CNS(=O)(=O)c2cccs2)C1C. The van der Waals surface area contributed by atoms with Crippen LogP contribution in [0.5, 0.6) is 0 Å². The van der Waals surface area contributed by atoms with Gasteiger partial charge in [-0.2, -0.15) is 0 Å². The lowest BCUT2D eigenvalue weighted by atomic mass is 10.1. The first kappa shape index (κ1) is 15.4. The summed E-state index contributed by atoms with van der Waals surface area (Å²) in [5.74, 6) is -0.189. The summed E-state index contributed by atoms with van der Waals surface area (Å²) in [6.45, 7) is 5.11. The van der Waals surface area contributed by atoms with E-state index in [1.54, 1.807) is 16.3 Å². The fourth-order valence-electron chi connectivity index (χ4n) is 2.15. The van der Waals surface area contributed by atoms with Gasteiger partial charge in [0.2, 0.25) is 5.91 Å². The Balaban J connectivity index is 1.95. The Morgan fingerprint density at radius 1 is 1.55 bits per heavy atom. The number of rotatable bonds is 4. The number of sulfonamides is 1. The number of amides is 1. The minimum atomic E-state index is -3.58. The molecule has 8 heteroatoms. The van der Waals surface area contributed by atoms with Gasteiger partial charge in [0.25, 0.3) is 10.0 Å². The Kier molecular flexibility index (Phi) is 4.79. The molecule has 0 aliphatic carbocycles. The first-order chi connectivity index (χ1) is 9.42. The standard InChI is InChI=1S/C12H19N3O3S2/c1-9-10(2)15(6-5-13-9)11(16)8-14-20(17,18)12-4-3-7-19-12/h3-4,7,9-10,13-14H,5-6,8H2,1-2H3. The largest absolute Gasteiger partial charge is 0.336 e. The van der Waals surface area contributed by atoms with Crippen molar-refractivity contribution in [2.75, 3.05) is 19.6 Å². The lowest BCUT2D eigenvalue weighted by molar-refractivity contribution is -0.133. The van der Waals surface area contributed by atoms with Crippen molar-refractivity contribution in [3.05, 3.63) is 17.5 Å². The number of carbonyl (C=O) groups is 1. The zero-order chi connectivity index (χ0) is 14.8. The summed E-state index contributed by atoms with van der Waals surface area (Å²) in [5.41, 5.74) is 0. The Bertz CT molecular complexity index is 557. The molecule has 0 bridgehead atoms. The minimum Gasteiger partial charge on any atom is -0.336 e. The van der Waals surface area contributed by atoms with Crippen LogP contribution in [0.2, 0.25) is 0 Å². The monoisotopic (exact) mass is 317 g/mol. The summed E-state index contributed by atoms with van der Waals surface area (Å²) in [6.07, 6.45) is 0. The molecule has 0 aromatic carbocycles. The quantitative estimate of drug-likeness (QED) is 0.833. The predicted octanol–water partition coefficient (Wildman–Crippen LogP) is 0.235. The van der Waals surface area contributed by atoms with E-state index < -0.39 is 10.0 Å². The van der Waals surface area contributed by atoms with E-state index in [-0.39, 0.29) is 28.7 Å². The van der Waals surface area contributed by atoms with Crippen LogP contribution < -0.4 is 10.0 Å². The average Bonchev–Trinajstić information content (AvgIpc) is 2.94. The summed E-state index contributed by atoms with van der Waals surface area (Å²) in [4.78, 5) is 13.9. The van der Waals surface area contributed by atoms with Crippen molar-refractivity contribution in [2.45, 2.75) is 30.1 Å². The molecular weight excluding hydrogens is 298 g/mol. The highest BCUT2D eigenvalue weighted by Crippen LogP contribution is 2.15. The lowest BCUT2D eigenvalue weighted by Gasteiger charge is -2.38. The molecule has 2 atom stereocenters. The van der Waals surface area contributed by atoms with Gasteiger partial charge in [-0.1, -0.05) is 6.07 Å². The fourth-order valence-corrected chi connectivity index (χ4v) is 4.17. The maximum Gasteiger partial charge on any atom is 0.250 e. The van der Waals surface area contributed by atoms with Crippen LogP contribution in [-0.4, -0.2) is 50.9 Å². The van der Waals surface area contributed by atoms with Crippen LogP contribution in [0.15, 0.2) is 21.7 Å². The molecule has 112 valence electrons. The molecule has 1 aromatic heterocycles. The lowest BCUT2D eigenvalue weighted by Crippen LogP contribution is -2.58. The number of hydrogen-bond acceptors (Lipinski definition) is 5. The van der Waals surface area contributed by atoms with Crippen LogP contribution in [0.1, 0.15) is 13.8 Å². The van der Waals surface area contributed by atoms with Crippen LogP contribution in [-0.2, 0) is 14.8 Å². The normalized spacial score (nSPS) is 23.8. The molecule has 2 unspecified atom stereocenters. The summed E-state index contributed by atoms with van der Waals surface area (Å²) >= 11 is 1.13. The number of piperazine rings is 1. The van der Waals surface area contributed by atoms with Crippen molar-refractivity contribution in [3.63, 3.8) is 0 Å². The van der Waals surface area contributed by atoms with E-state index >= 15 is 0 Å². The number of nitrogens with zero attached hydrogens (tertiary/aromatic N) is 1. The summed E-state index contributed by atoms with van der Waals surface area (Å²) < 4.78 is 26.5. The molecule has 0 radical (unpaired) electrons. The Morgan fingerprint density at radius 3 is 2.95 bits per heavy atom. The van der Waals surface area contributed by atoms with Gasteiger partial charge in [-0.3, -0.25) is 4.79 Å². The van der Waals surface area contributed by atoms with Crippen LogP contribution in [0.3, 0.4) is 0 Å². The summed E-state index contributed by atoms with van der Waals surface area (Å²) in [5, 5.41) is 4.97. The number of thiophene rings is 1. The molecule has 0 spiro atoms. The van der Waals surface area contributed by atoms with Gasteiger partial charge in [0, 0.05) is 25.2 Å². The van der Waals surface area contributed by atoms with Crippen LogP contribution in [0, 0.1) is 0 Å². The minimum absolute atomic E-state index is 0.0579. The second-order valence-electron chi connectivity index (χ2n) is 4.83. The fraction of sp³-hybridized carbons (Fsp3) is 0.583. The van der Waals surface area contributed by atoms with Crippen molar-refractivity contribution < 1.29 is 13.2 Å². The average molecular weight is 317 g/mol. The molecule has 1 amide bonds. The molecule has 1 aliphatic heterocycles. The van der Waals surface area contributed by atoms with Gasteiger partial charge in [-0.05, 0) is 25.3 Å². The van der Waals surface area contributed by atoms with E-state index in [0.29, 0.717) is 6.54 Å². The van der Waals surface area contributed by atoms with Crippen LogP contribution in [0.25, 0.3) is 0 Å². The van der Waals surface area contributed by atoms with E-state index in [0.717, 1.165) is 17.9 Å². The molecular formula is C12H19N3O3S2. The zero-order valence-corrected chi connectivity index (χ0v) is 13.1. The van der Waals surface area contributed by atoms with Crippen LogP contribution in [0.4, 0.5) is 0 Å². The number of nitrogens with one attached hydrogen (secondary N) is 2. The van der Waals surface area contributed by atoms with Crippen molar-refractivity contribution in [3.8, 4) is 0 Å². The van der Waals surface area contributed by atoms with Crippen LogP contribution >= 0.6 is 11.3 Å². The van der Waals surface area contributed by atoms with Gasteiger partial charge in [-0.15, -0.1) is 11.3 Å². The van der Waals surface area contributed by atoms with Crippen molar-refractivity contribution in [1.82, 2.24) is 14.9 Å². The smallest absolute Gasteiger partial charge is 0.250 e. The second kappa shape index (κ2) is 6.21. The third kappa shape index (κ3) is 3.38. The Morgan fingerprint density at radius 2 is 2.30 bits per heavy atom. The van der Waals surface area contributed by atoms with Gasteiger partial charge in [0.15, 0.2) is 0 Å². The molecule has 1 fully saturated rings. The Hall–Kier alpha value is -0.960. The zero-order valence-electron chi connectivity index (χ0n) is 11.5. The topological polar surface area (TPSA) is 78.5 Å². The van der Waals surface area contributed by atoms with Crippen molar-refractivity contribution in [1.29, 1.82) is 0 Å². The maximum absolute atomic E-state index is 12.1. The van der Waals surface area contributed by atoms with E-state index in [1.807, 2.05) is 13.8 Å². The highest BCUT2D eigenvalue weighted by Gasteiger charge is 2.28. The molecule has 20 heavy (non-hydrogen) atoms.